The summed E-state index contributed by atoms with van der Waals surface area (Å²) in [6.07, 6.45) is 6.79. The fourth-order valence-corrected chi connectivity index (χ4v) is 2.51. The zero-order valence-electron chi connectivity index (χ0n) is 10.2. The zero-order valence-corrected chi connectivity index (χ0v) is 10.2. The smallest absolute Gasteiger partial charge is 0.123 e. The number of hydrogen-bond acceptors (Lipinski definition) is 1. The molecule has 2 fully saturated rings. The Labute approximate surface area is 102 Å². The fourth-order valence-electron chi connectivity index (χ4n) is 2.51. The van der Waals surface area contributed by atoms with Crippen LogP contribution in [0.3, 0.4) is 0 Å². The van der Waals surface area contributed by atoms with Gasteiger partial charge in [0.15, 0.2) is 0 Å². The first-order valence-corrected chi connectivity index (χ1v) is 6.82. The van der Waals surface area contributed by atoms with Gasteiger partial charge in [-0.25, -0.2) is 4.39 Å². The lowest BCUT2D eigenvalue weighted by Crippen LogP contribution is -2.24. The number of hydrogen-bond donors (Lipinski definition) is 1. The minimum atomic E-state index is -0.138. The van der Waals surface area contributed by atoms with E-state index in [4.69, 9.17) is 0 Å². The minimum Gasteiger partial charge on any atom is -0.310 e. The van der Waals surface area contributed by atoms with E-state index < -0.39 is 0 Å². The highest BCUT2D eigenvalue weighted by Gasteiger charge is 2.32. The highest BCUT2D eigenvalue weighted by atomic mass is 19.1. The van der Waals surface area contributed by atoms with Crippen molar-refractivity contribution in [3.8, 4) is 0 Å². The van der Waals surface area contributed by atoms with Crippen LogP contribution in [0, 0.1) is 17.7 Å². The quantitative estimate of drug-likeness (QED) is 0.790. The SMILES string of the molecule is Fc1ccc(C(NCCC2CC2)C2CC2)cc1. The fraction of sp³-hybridized carbons (Fsp3) is 0.600. The Balaban J connectivity index is 1.59. The van der Waals surface area contributed by atoms with Crippen LogP contribution in [0.15, 0.2) is 24.3 Å². The van der Waals surface area contributed by atoms with E-state index in [2.05, 4.69) is 5.32 Å². The molecule has 0 saturated heterocycles. The standard InChI is InChI=1S/C15H20FN/c16-14-7-5-13(6-8-14)15(12-3-4-12)17-10-9-11-1-2-11/h5-8,11-12,15,17H,1-4,9-10H2. The Bertz CT molecular complexity index is 365. The molecule has 1 aromatic carbocycles. The number of nitrogens with one attached hydrogen (secondary N) is 1. The molecular formula is C15H20FN. The summed E-state index contributed by atoms with van der Waals surface area (Å²) in [5.74, 6) is 1.62. The van der Waals surface area contributed by atoms with Gasteiger partial charge in [0.25, 0.3) is 0 Å². The third-order valence-electron chi connectivity index (χ3n) is 3.94. The molecule has 1 nitrogen and oxygen atoms in total. The molecule has 1 aromatic rings. The second-order valence-electron chi connectivity index (χ2n) is 5.55. The summed E-state index contributed by atoms with van der Waals surface area (Å²) < 4.78 is 12.9. The molecule has 0 spiro atoms. The monoisotopic (exact) mass is 233 g/mol. The molecule has 0 aromatic heterocycles. The Hall–Kier alpha value is -0.890. The van der Waals surface area contributed by atoms with Gasteiger partial charge in [-0.05, 0) is 55.3 Å². The van der Waals surface area contributed by atoms with Crippen LogP contribution in [0.5, 0.6) is 0 Å². The van der Waals surface area contributed by atoms with Crippen molar-refractivity contribution in [3.63, 3.8) is 0 Å². The highest BCUT2D eigenvalue weighted by molar-refractivity contribution is 5.22. The highest BCUT2D eigenvalue weighted by Crippen LogP contribution is 2.41. The van der Waals surface area contributed by atoms with Crippen LogP contribution in [-0.2, 0) is 0 Å². The van der Waals surface area contributed by atoms with Gasteiger partial charge in [-0.2, -0.15) is 0 Å². The van der Waals surface area contributed by atoms with Gasteiger partial charge in [0.05, 0.1) is 0 Å². The first-order chi connectivity index (χ1) is 8.33. The van der Waals surface area contributed by atoms with Crippen LogP contribution in [0.25, 0.3) is 0 Å². The minimum absolute atomic E-state index is 0.138. The molecule has 1 N–H and O–H groups in total. The average molecular weight is 233 g/mol. The predicted octanol–water partition coefficient (Wildman–Crippen LogP) is 3.67. The molecule has 0 radical (unpaired) electrons. The van der Waals surface area contributed by atoms with Crippen molar-refractivity contribution in [1.29, 1.82) is 0 Å². The van der Waals surface area contributed by atoms with E-state index >= 15 is 0 Å². The lowest BCUT2D eigenvalue weighted by molar-refractivity contribution is 0.465. The van der Waals surface area contributed by atoms with Crippen LogP contribution in [0.1, 0.15) is 43.7 Å². The van der Waals surface area contributed by atoms with E-state index in [1.54, 1.807) is 12.1 Å². The van der Waals surface area contributed by atoms with Crippen molar-refractivity contribution in [2.75, 3.05) is 6.54 Å². The second kappa shape index (κ2) is 4.77. The topological polar surface area (TPSA) is 12.0 Å². The molecule has 2 aliphatic carbocycles. The largest absolute Gasteiger partial charge is 0.310 e. The molecule has 0 heterocycles. The van der Waals surface area contributed by atoms with Gasteiger partial charge in [-0.15, -0.1) is 0 Å². The van der Waals surface area contributed by atoms with Crippen molar-refractivity contribution < 1.29 is 4.39 Å². The lowest BCUT2D eigenvalue weighted by atomic mass is 10.0. The summed E-state index contributed by atoms with van der Waals surface area (Å²) in [7, 11) is 0. The Morgan fingerprint density at radius 1 is 1.12 bits per heavy atom. The van der Waals surface area contributed by atoms with Crippen LogP contribution in [0.4, 0.5) is 4.39 Å². The summed E-state index contributed by atoms with van der Waals surface area (Å²) >= 11 is 0. The molecule has 1 unspecified atom stereocenters. The molecule has 17 heavy (non-hydrogen) atoms. The molecule has 0 bridgehead atoms. The molecule has 0 aliphatic heterocycles. The van der Waals surface area contributed by atoms with Crippen LogP contribution in [0.2, 0.25) is 0 Å². The maximum Gasteiger partial charge on any atom is 0.123 e. The van der Waals surface area contributed by atoms with Gasteiger partial charge in [-0.1, -0.05) is 25.0 Å². The molecule has 1 atom stereocenters. The average Bonchev–Trinajstić information content (AvgIpc) is 3.19. The van der Waals surface area contributed by atoms with Gasteiger partial charge in [0.1, 0.15) is 5.82 Å². The van der Waals surface area contributed by atoms with Crippen molar-refractivity contribution in [2.45, 2.75) is 38.1 Å². The zero-order chi connectivity index (χ0) is 11.7. The van der Waals surface area contributed by atoms with Gasteiger partial charge in [0, 0.05) is 6.04 Å². The van der Waals surface area contributed by atoms with E-state index in [1.807, 2.05) is 12.1 Å². The molecule has 2 heteroatoms. The normalized spacial score (nSPS) is 21.5. The van der Waals surface area contributed by atoms with Crippen molar-refractivity contribution in [1.82, 2.24) is 5.32 Å². The summed E-state index contributed by atoms with van der Waals surface area (Å²) in [4.78, 5) is 0. The predicted molar refractivity (Wildman–Crippen MR) is 67.2 cm³/mol. The first-order valence-electron chi connectivity index (χ1n) is 6.82. The third kappa shape index (κ3) is 3.06. The molecular weight excluding hydrogens is 213 g/mol. The summed E-state index contributed by atoms with van der Waals surface area (Å²) in [5.41, 5.74) is 1.25. The number of rotatable bonds is 6. The maximum absolute atomic E-state index is 12.9. The van der Waals surface area contributed by atoms with Gasteiger partial charge in [-0.3, -0.25) is 0 Å². The third-order valence-corrected chi connectivity index (χ3v) is 3.94. The molecule has 3 rings (SSSR count). The summed E-state index contributed by atoms with van der Waals surface area (Å²) in [5, 5.41) is 3.67. The molecule has 2 saturated carbocycles. The summed E-state index contributed by atoms with van der Waals surface area (Å²) in [6, 6.07) is 7.47. The lowest BCUT2D eigenvalue weighted by Gasteiger charge is -2.18. The van der Waals surface area contributed by atoms with Crippen molar-refractivity contribution in [2.24, 2.45) is 11.8 Å². The van der Waals surface area contributed by atoms with E-state index in [-0.39, 0.29) is 5.82 Å². The van der Waals surface area contributed by atoms with E-state index in [1.165, 1.54) is 37.7 Å². The van der Waals surface area contributed by atoms with Crippen LogP contribution < -0.4 is 5.32 Å². The van der Waals surface area contributed by atoms with Crippen LogP contribution in [-0.4, -0.2) is 6.54 Å². The van der Waals surface area contributed by atoms with Crippen molar-refractivity contribution >= 4 is 0 Å². The second-order valence-corrected chi connectivity index (χ2v) is 5.55. The number of benzene rings is 1. The van der Waals surface area contributed by atoms with Crippen LogP contribution >= 0.6 is 0 Å². The maximum atomic E-state index is 12.9. The number of halogens is 1. The Morgan fingerprint density at radius 3 is 2.41 bits per heavy atom. The Morgan fingerprint density at radius 2 is 1.82 bits per heavy atom. The van der Waals surface area contributed by atoms with Gasteiger partial charge >= 0.3 is 0 Å². The molecule has 2 aliphatic rings. The van der Waals surface area contributed by atoms with Crippen molar-refractivity contribution in [3.05, 3.63) is 35.6 Å². The first kappa shape index (κ1) is 11.2. The van der Waals surface area contributed by atoms with Gasteiger partial charge < -0.3 is 5.32 Å². The van der Waals surface area contributed by atoms with E-state index in [0.717, 1.165) is 18.4 Å². The molecule has 0 amide bonds. The van der Waals surface area contributed by atoms with Gasteiger partial charge in [0.2, 0.25) is 0 Å². The van der Waals surface area contributed by atoms with E-state index in [9.17, 15) is 4.39 Å². The van der Waals surface area contributed by atoms with E-state index in [0.29, 0.717) is 6.04 Å². The summed E-state index contributed by atoms with van der Waals surface area (Å²) in [6.45, 7) is 1.11. The Kier molecular flexibility index (Phi) is 3.15. The molecule has 92 valence electrons.